The van der Waals surface area contributed by atoms with Crippen LogP contribution in [0, 0.1) is 11.3 Å². The number of thiophene rings is 1. The molecular weight excluding hydrogens is 212 g/mol. The van der Waals surface area contributed by atoms with Crippen molar-refractivity contribution in [3.63, 3.8) is 0 Å². The quantitative estimate of drug-likeness (QED) is 0.827. The molecule has 1 aromatic heterocycles. The molecule has 1 rings (SSSR count). The van der Waals surface area contributed by atoms with Gasteiger partial charge in [-0.15, -0.1) is 0 Å². The van der Waals surface area contributed by atoms with Crippen LogP contribution in [0.15, 0.2) is 16.8 Å². The first-order valence-electron chi connectivity index (χ1n) is 4.49. The molecule has 1 N–H and O–H groups in total. The number of aliphatic carboxylic acids is 1. The first-order chi connectivity index (χ1) is 7.15. The van der Waals surface area contributed by atoms with Crippen molar-refractivity contribution in [1.82, 2.24) is 4.90 Å². The normalized spacial score (nSPS) is 12.3. The van der Waals surface area contributed by atoms with Gasteiger partial charge in [-0.05, 0) is 29.4 Å². The maximum atomic E-state index is 10.4. The highest BCUT2D eigenvalue weighted by molar-refractivity contribution is 7.08. The molecular formula is C10H12N2O2S. The third kappa shape index (κ3) is 3.35. The lowest BCUT2D eigenvalue weighted by molar-refractivity contribution is -0.137. The lowest BCUT2D eigenvalue weighted by Crippen LogP contribution is -2.25. The van der Waals surface area contributed by atoms with Gasteiger partial charge in [0.25, 0.3) is 0 Å². The Balaban J connectivity index is 2.60. The van der Waals surface area contributed by atoms with Crippen molar-refractivity contribution < 1.29 is 9.90 Å². The summed E-state index contributed by atoms with van der Waals surface area (Å²) in [5, 5.41) is 21.4. The van der Waals surface area contributed by atoms with Crippen LogP contribution in [0.25, 0.3) is 0 Å². The highest BCUT2D eigenvalue weighted by Gasteiger charge is 2.17. The molecule has 5 heteroatoms. The van der Waals surface area contributed by atoms with Gasteiger partial charge in [-0.25, -0.2) is 0 Å². The number of hydrogen-bond donors (Lipinski definition) is 1. The zero-order chi connectivity index (χ0) is 11.3. The minimum absolute atomic E-state index is 0.0544. The van der Waals surface area contributed by atoms with Gasteiger partial charge < -0.3 is 5.11 Å². The monoisotopic (exact) mass is 224 g/mol. The molecule has 0 aliphatic carbocycles. The number of carbonyl (C=O) groups is 1. The summed E-state index contributed by atoms with van der Waals surface area (Å²) in [4.78, 5) is 12.1. The number of rotatable bonds is 5. The first kappa shape index (κ1) is 11.7. The molecule has 0 aliphatic rings. The lowest BCUT2D eigenvalue weighted by atomic mass is 10.1. The largest absolute Gasteiger partial charge is 0.481 e. The summed E-state index contributed by atoms with van der Waals surface area (Å²) in [6.07, 6.45) is 0.0544. The summed E-state index contributed by atoms with van der Waals surface area (Å²) >= 11 is 1.53. The molecule has 1 aromatic rings. The number of carboxylic acid groups (broad SMARTS) is 1. The second-order valence-corrected chi connectivity index (χ2v) is 3.99. The maximum absolute atomic E-state index is 10.4. The van der Waals surface area contributed by atoms with Crippen LogP contribution in [0.3, 0.4) is 0 Å². The van der Waals surface area contributed by atoms with Crippen molar-refractivity contribution in [2.45, 2.75) is 12.5 Å². The average Bonchev–Trinajstić information content (AvgIpc) is 2.69. The molecule has 4 nitrogen and oxygen atoms in total. The van der Waals surface area contributed by atoms with E-state index in [2.05, 4.69) is 6.07 Å². The summed E-state index contributed by atoms with van der Waals surface area (Å²) in [5.41, 5.74) is 0.926. The van der Waals surface area contributed by atoms with E-state index < -0.39 is 5.97 Å². The molecule has 0 amide bonds. The molecule has 1 heterocycles. The van der Waals surface area contributed by atoms with Crippen LogP contribution in [0.2, 0.25) is 0 Å². The summed E-state index contributed by atoms with van der Waals surface area (Å²) in [7, 11) is 1.76. The molecule has 0 fully saturated rings. The van der Waals surface area contributed by atoms with E-state index in [1.165, 1.54) is 11.3 Å². The Labute approximate surface area is 92.4 Å². The van der Waals surface area contributed by atoms with Crippen LogP contribution in [0.4, 0.5) is 0 Å². The second-order valence-electron chi connectivity index (χ2n) is 3.21. The van der Waals surface area contributed by atoms with Crippen molar-refractivity contribution in [2.24, 2.45) is 0 Å². The van der Waals surface area contributed by atoms with Crippen LogP contribution in [-0.4, -0.2) is 29.6 Å². The van der Waals surface area contributed by atoms with Crippen LogP contribution in [0.5, 0.6) is 0 Å². The Morgan fingerprint density at radius 3 is 3.00 bits per heavy atom. The van der Waals surface area contributed by atoms with Gasteiger partial charge in [0.15, 0.2) is 0 Å². The highest BCUT2D eigenvalue weighted by Crippen LogP contribution is 2.20. The van der Waals surface area contributed by atoms with Crippen molar-refractivity contribution in [3.8, 4) is 6.07 Å². The van der Waals surface area contributed by atoms with Crippen molar-refractivity contribution >= 4 is 17.3 Å². The number of nitriles is 1. The lowest BCUT2D eigenvalue weighted by Gasteiger charge is -2.20. The maximum Gasteiger partial charge on any atom is 0.304 e. The summed E-state index contributed by atoms with van der Waals surface area (Å²) in [5.74, 6) is -0.844. The standard InChI is InChI=1S/C10H12N2O2S/c1-12(4-2-10(13)14)9(6-11)8-3-5-15-7-8/h3,5,7,9H,2,4H2,1H3,(H,13,14). The highest BCUT2D eigenvalue weighted by atomic mass is 32.1. The molecule has 0 aliphatic heterocycles. The molecule has 0 spiro atoms. The van der Waals surface area contributed by atoms with Gasteiger partial charge in [-0.2, -0.15) is 16.6 Å². The van der Waals surface area contributed by atoms with Crippen molar-refractivity contribution in [3.05, 3.63) is 22.4 Å². The smallest absolute Gasteiger partial charge is 0.304 e. The van der Waals surface area contributed by atoms with Gasteiger partial charge in [0, 0.05) is 6.54 Å². The molecule has 1 atom stereocenters. The average molecular weight is 224 g/mol. The van der Waals surface area contributed by atoms with Crippen LogP contribution < -0.4 is 0 Å². The summed E-state index contributed by atoms with van der Waals surface area (Å²) in [6, 6.07) is 3.70. The molecule has 80 valence electrons. The molecule has 0 aromatic carbocycles. The fourth-order valence-electron chi connectivity index (χ4n) is 1.26. The SMILES string of the molecule is CN(CCC(=O)O)C(C#N)c1ccsc1. The summed E-state index contributed by atoms with van der Waals surface area (Å²) in [6.45, 7) is 0.378. The van der Waals surface area contributed by atoms with Gasteiger partial charge in [0.1, 0.15) is 6.04 Å². The number of hydrogen-bond acceptors (Lipinski definition) is 4. The van der Waals surface area contributed by atoms with E-state index in [9.17, 15) is 4.79 Å². The fourth-order valence-corrected chi connectivity index (χ4v) is 1.94. The van der Waals surface area contributed by atoms with E-state index in [1.807, 2.05) is 16.8 Å². The van der Waals surface area contributed by atoms with E-state index in [0.717, 1.165) is 5.56 Å². The Bertz CT molecular complexity index is 356. The molecule has 0 saturated heterocycles. The Hall–Kier alpha value is -1.38. The van der Waals surface area contributed by atoms with E-state index >= 15 is 0 Å². The van der Waals surface area contributed by atoms with Gasteiger partial charge in [-0.3, -0.25) is 9.69 Å². The van der Waals surface area contributed by atoms with E-state index in [-0.39, 0.29) is 12.5 Å². The van der Waals surface area contributed by atoms with Gasteiger partial charge in [0.2, 0.25) is 0 Å². The Morgan fingerprint density at radius 1 is 1.80 bits per heavy atom. The topological polar surface area (TPSA) is 64.3 Å². The van der Waals surface area contributed by atoms with Gasteiger partial charge >= 0.3 is 5.97 Å². The molecule has 0 bridgehead atoms. The second kappa shape index (κ2) is 5.49. The third-order valence-corrected chi connectivity index (χ3v) is 2.80. The van der Waals surface area contributed by atoms with E-state index in [0.29, 0.717) is 6.54 Å². The van der Waals surface area contributed by atoms with Gasteiger partial charge in [-0.1, -0.05) is 0 Å². The minimum Gasteiger partial charge on any atom is -0.481 e. The van der Waals surface area contributed by atoms with Crippen LogP contribution >= 0.6 is 11.3 Å². The predicted octanol–water partition coefficient (Wildman–Crippen LogP) is 1.72. The molecule has 15 heavy (non-hydrogen) atoms. The number of carboxylic acids is 1. The predicted molar refractivity (Wildman–Crippen MR) is 57.6 cm³/mol. The van der Waals surface area contributed by atoms with Crippen molar-refractivity contribution in [1.29, 1.82) is 5.26 Å². The Morgan fingerprint density at radius 2 is 2.53 bits per heavy atom. The van der Waals surface area contributed by atoms with E-state index in [1.54, 1.807) is 11.9 Å². The summed E-state index contributed by atoms with van der Waals surface area (Å²) < 4.78 is 0. The van der Waals surface area contributed by atoms with Gasteiger partial charge in [0.05, 0.1) is 12.5 Å². The number of nitrogens with zero attached hydrogens (tertiary/aromatic N) is 2. The van der Waals surface area contributed by atoms with E-state index in [4.69, 9.17) is 10.4 Å². The zero-order valence-corrected chi connectivity index (χ0v) is 9.20. The molecule has 1 unspecified atom stereocenters. The third-order valence-electron chi connectivity index (χ3n) is 2.10. The fraction of sp³-hybridized carbons (Fsp3) is 0.400. The minimum atomic E-state index is -0.844. The molecule has 0 saturated carbocycles. The Kier molecular flexibility index (Phi) is 4.28. The van der Waals surface area contributed by atoms with Crippen LogP contribution in [0.1, 0.15) is 18.0 Å². The molecule has 0 radical (unpaired) electrons. The van der Waals surface area contributed by atoms with Crippen molar-refractivity contribution in [2.75, 3.05) is 13.6 Å². The first-order valence-corrected chi connectivity index (χ1v) is 5.43. The zero-order valence-electron chi connectivity index (χ0n) is 8.38. The van der Waals surface area contributed by atoms with Crippen LogP contribution in [-0.2, 0) is 4.79 Å².